The average Bonchev–Trinajstić information content (AvgIpc) is 3.29. The van der Waals surface area contributed by atoms with Crippen LogP contribution in [0.15, 0.2) is 58.9 Å². The second-order valence-electron chi connectivity index (χ2n) is 5.55. The van der Waals surface area contributed by atoms with Crippen LogP contribution in [0, 0.1) is 0 Å². The van der Waals surface area contributed by atoms with E-state index in [9.17, 15) is 13.2 Å². The maximum atomic E-state index is 12.5. The summed E-state index contributed by atoms with van der Waals surface area (Å²) in [6.45, 7) is 0. The van der Waals surface area contributed by atoms with E-state index in [1.165, 1.54) is 35.6 Å². The number of hydrogen-bond acceptors (Lipinski definition) is 7. The summed E-state index contributed by atoms with van der Waals surface area (Å²) in [5, 5.41) is 5.63. The number of nitrogens with one attached hydrogen (secondary N) is 2. The minimum atomic E-state index is -3.79. The van der Waals surface area contributed by atoms with Crippen molar-refractivity contribution in [2.75, 3.05) is 10.0 Å². The van der Waals surface area contributed by atoms with Gasteiger partial charge >= 0.3 is 0 Å². The second-order valence-corrected chi connectivity index (χ2v) is 9.60. The van der Waals surface area contributed by atoms with Gasteiger partial charge in [-0.25, -0.2) is 18.4 Å². The third-order valence-electron chi connectivity index (χ3n) is 3.65. The highest BCUT2D eigenvalue weighted by Crippen LogP contribution is 2.29. The summed E-state index contributed by atoms with van der Waals surface area (Å²) in [7, 11) is -3.79. The molecule has 0 saturated carbocycles. The molecule has 2 aromatic carbocycles. The highest BCUT2D eigenvalue weighted by molar-refractivity contribution is 7.93. The monoisotopic (exact) mass is 450 g/mol. The van der Waals surface area contributed by atoms with Gasteiger partial charge in [-0.2, -0.15) is 0 Å². The van der Waals surface area contributed by atoms with Crippen LogP contribution in [-0.2, 0) is 10.0 Å². The number of carbonyl (C=O) groups is 1. The van der Waals surface area contributed by atoms with Crippen molar-refractivity contribution < 1.29 is 13.2 Å². The van der Waals surface area contributed by atoms with E-state index < -0.39 is 10.0 Å². The van der Waals surface area contributed by atoms with Crippen molar-refractivity contribution >= 4 is 70.7 Å². The molecule has 0 fully saturated rings. The first-order valence-corrected chi connectivity index (χ1v) is 11.4. The first-order chi connectivity index (χ1) is 13.4. The Balaban J connectivity index is 1.58. The van der Waals surface area contributed by atoms with Gasteiger partial charge in [0.1, 0.15) is 0 Å². The lowest BCUT2D eigenvalue weighted by Gasteiger charge is -2.04. The highest BCUT2D eigenvalue weighted by atomic mass is 35.5. The lowest BCUT2D eigenvalue weighted by Crippen LogP contribution is -2.12. The van der Waals surface area contributed by atoms with E-state index in [1.807, 2.05) is 0 Å². The quantitative estimate of drug-likeness (QED) is 0.467. The maximum Gasteiger partial charge on any atom is 0.263 e. The smallest absolute Gasteiger partial charge is 0.263 e. The van der Waals surface area contributed by atoms with E-state index in [0.717, 1.165) is 11.3 Å². The highest BCUT2D eigenvalue weighted by Gasteiger charge is 2.17. The lowest BCUT2D eigenvalue weighted by atomic mass is 10.2. The van der Waals surface area contributed by atoms with Crippen molar-refractivity contribution in [2.24, 2.45) is 0 Å². The van der Waals surface area contributed by atoms with Crippen molar-refractivity contribution in [2.45, 2.75) is 4.90 Å². The summed E-state index contributed by atoms with van der Waals surface area (Å²) in [4.78, 5) is 20.7. The van der Waals surface area contributed by atoms with Crippen LogP contribution in [0.4, 0.5) is 10.3 Å². The van der Waals surface area contributed by atoms with Crippen LogP contribution in [0.1, 0.15) is 10.4 Å². The van der Waals surface area contributed by atoms with Gasteiger partial charge in [0, 0.05) is 22.2 Å². The molecule has 2 heterocycles. The van der Waals surface area contributed by atoms with Gasteiger partial charge < -0.3 is 0 Å². The molecule has 2 N–H and O–H groups in total. The summed E-state index contributed by atoms with van der Waals surface area (Å²) in [5.74, 6) is -0.298. The molecule has 0 radical (unpaired) electrons. The number of sulfonamides is 1. The van der Waals surface area contributed by atoms with E-state index >= 15 is 0 Å². The number of amides is 1. The number of hydrogen-bond donors (Lipinski definition) is 2. The number of carbonyl (C=O) groups excluding carboxylic acids is 1. The molecular weight excluding hydrogens is 440 g/mol. The Labute approximate surface area is 173 Å². The van der Waals surface area contributed by atoms with Crippen molar-refractivity contribution in [1.29, 1.82) is 0 Å². The Morgan fingerprint density at radius 1 is 1.07 bits per heavy atom. The van der Waals surface area contributed by atoms with Gasteiger partial charge in [0.2, 0.25) is 0 Å². The maximum absolute atomic E-state index is 12.5. The van der Waals surface area contributed by atoms with Gasteiger partial charge in [0.05, 0.1) is 15.1 Å². The Bertz CT molecular complexity index is 1250. The summed E-state index contributed by atoms with van der Waals surface area (Å²) >= 11 is 8.26. The first-order valence-electron chi connectivity index (χ1n) is 7.80. The Kier molecular flexibility index (Phi) is 5.02. The summed E-state index contributed by atoms with van der Waals surface area (Å²) < 4.78 is 28.1. The molecule has 7 nitrogen and oxygen atoms in total. The van der Waals surface area contributed by atoms with Crippen molar-refractivity contribution in [3.63, 3.8) is 0 Å². The fourth-order valence-corrected chi connectivity index (χ4v) is 5.14. The molecular formula is C17H11ClN4O3S3. The van der Waals surface area contributed by atoms with E-state index in [4.69, 9.17) is 11.6 Å². The van der Waals surface area contributed by atoms with E-state index in [2.05, 4.69) is 20.0 Å². The average molecular weight is 451 g/mol. The third-order valence-corrected chi connectivity index (χ3v) is 7.01. The Morgan fingerprint density at radius 3 is 2.57 bits per heavy atom. The molecule has 2 aromatic heterocycles. The molecule has 11 heteroatoms. The van der Waals surface area contributed by atoms with Gasteiger partial charge in [-0.1, -0.05) is 22.9 Å². The number of thiazole rings is 2. The number of halogens is 1. The fourth-order valence-electron chi connectivity index (χ4n) is 2.35. The fraction of sp³-hybridized carbons (Fsp3) is 0. The van der Waals surface area contributed by atoms with Crippen molar-refractivity contribution in [1.82, 2.24) is 9.97 Å². The third kappa shape index (κ3) is 3.99. The molecule has 4 rings (SSSR count). The van der Waals surface area contributed by atoms with E-state index in [0.29, 0.717) is 25.9 Å². The number of aromatic nitrogens is 2. The predicted molar refractivity (Wildman–Crippen MR) is 112 cm³/mol. The van der Waals surface area contributed by atoms with Crippen molar-refractivity contribution in [3.8, 4) is 0 Å². The van der Waals surface area contributed by atoms with Gasteiger partial charge in [0.25, 0.3) is 15.9 Å². The number of anilines is 2. The summed E-state index contributed by atoms with van der Waals surface area (Å²) in [6, 6.07) is 10.8. The molecule has 0 aliphatic carbocycles. The largest absolute Gasteiger partial charge is 0.298 e. The van der Waals surface area contributed by atoms with Crippen molar-refractivity contribution in [3.05, 3.63) is 64.6 Å². The second kappa shape index (κ2) is 7.47. The number of fused-ring (bicyclic) bond motifs is 1. The molecule has 142 valence electrons. The zero-order valence-corrected chi connectivity index (χ0v) is 17.1. The standard InChI is InChI=1S/C17H11ClN4O3S3/c18-11-2-4-12(5-3-11)28(24,25)22-17-20-13-6-1-10(9-14(13)27-17)15(23)21-16-19-7-8-26-16/h1-9H,(H,20,22)(H,19,21,23). The molecule has 0 unspecified atom stereocenters. The SMILES string of the molecule is O=C(Nc1nccs1)c1ccc2nc(NS(=O)(=O)c3ccc(Cl)cc3)sc2c1. The van der Waals surface area contributed by atoms with Gasteiger partial charge in [-0.05, 0) is 42.5 Å². The van der Waals surface area contributed by atoms with Gasteiger partial charge in [0.15, 0.2) is 10.3 Å². The lowest BCUT2D eigenvalue weighted by molar-refractivity contribution is 0.102. The zero-order valence-electron chi connectivity index (χ0n) is 13.9. The van der Waals surface area contributed by atoms with Crippen LogP contribution < -0.4 is 10.0 Å². The summed E-state index contributed by atoms with van der Waals surface area (Å²) in [6.07, 6.45) is 1.60. The van der Waals surface area contributed by atoms with Crippen LogP contribution in [0.25, 0.3) is 10.2 Å². The number of nitrogens with zero attached hydrogens (tertiary/aromatic N) is 2. The molecule has 0 aliphatic rings. The van der Waals surface area contributed by atoms with E-state index in [1.54, 1.807) is 29.8 Å². The van der Waals surface area contributed by atoms with Crippen LogP contribution >= 0.6 is 34.3 Å². The van der Waals surface area contributed by atoms with E-state index in [-0.39, 0.29) is 15.9 Å². The minimum absolute atomic E-state index is 0.0830. The first kappa shape index (κ1) is 18.8. The summed E-state index contributed by atoms with van der Waals surface area (Å²) in [5.41, 5.74) is 1.02. The van der Waals surface area contributed by atoms with Crippen LogP contribution in [0.5, 0.6) is 0 Å². The van der Waals surface area contributed by atoms with Crippen LogP contribution in [0.3, 0.4) is 0 Å². The zero-order chi connectivity index (χ0) is 19.7. The minimum Gasteiger partial charge on any atom is -0.298 e. The molecule has 0 aliphatic heterocycles. The van der Waals surface area contributed by atoms with Crippen LogP contribution in [-0.4, -0.2) is 24.3 Å². The Hall–Kier alpha value is -2.53. The normalized spacial score (nSPS) is 11.5. The molecule has 0 atom stereocenters. The number of rotatable bonds is 5. The Morgan fingerprint density at radius 2 is 1.86 bits per heavy atom. The molecule has 0 saturated heterocycles. The topological polar surface area (TPSA) is 101 Å². The van der Waals surface area contributed by atoms with Crippen LogP contribution in [0.2, 0.25) is 5.02 Å². The number of benzene rings is 2. The van der Waals surface area contributed by atoms with Gasteiger partial charge in [-0.3, -0.25) is 14.8 Å². The van der Waals surface area contributed by atoms with Gasteiger partial charge in [-0.15, -0.1) is 11.3 Å². The molecule has 0 spiro atoms. The molecule has 4 aromatic rings. The molecule has 1 amide bonds. The molecule has 28 heavy (non-hydrogen) atoms. The molecule has 0 bridgehead atoms. The predicted octanol–water partition coefficient (Wildman–Crippen LogP) is 4.46.